The summed E-state index contributed by atoms with van der Waals surface area (Å²) in [4.78, 5) is 15.4. The van der Waals surface area contributed by atoms with Crippen LogP contribution in [0.1, 0.15) is 21.5 Å². The first kappa shape index (κ1) is 14.4. The molecule has 0 bridgehead atoms. The molecule has 0 aliphatic carbocycles. The van der Waals surface area contributed by atoms with Gasteiger partial charge in [0.15, 0.2) is 0 Å². The molecule has 0 spiro atoms. The van der Waals surface area contributed by atoms with E-state index in [0.29, 0.717) is 12.0 Å². The van der Waals surface area contributed by atoms with Gasteiger partial charge < -0.3 is 14.8 Å². The number of carboxylic acid groups (broad SMARTS) is 1. The fourth-order valence-corrected chi connectivity index (χ4v) is 4.24. The Balaban J connectivity index is 1.92. The van der Waals surface area contributed by atoms with E-state index >= 15 is 0 Å². The Labute approximate surface area is 130 Å². The Kier molecular flexibility index (Phi) is 3.92. The zero-order valence-corrected chi connectivity index (χ0v) is 12.8. The lowest BCUT2D eigenvalue weighted by atomic mass is 9.77. The minimum atomic E-state index is -1.04. The number of nitrogens with zero attached hydrogens (tertiary/aromatic N) is 1. The fourth-order valence-electron chi connectivity index (χ4n) is 2.31. The van der Waals surface area contributed by atoms with Crippen molar-refractivity contribution in [2.75, 3.05) is 0 Å². The molecular weight excluding hydrogens is 309 g/mol. The zero-order chi connectivity index (χ0) is 15.0. The van der Waals surface area contributed by atoms with Crippen LogP contribution >= 0.6 is 23.1 Å². The molecule has 1 aliphatic rings. The maximum Gasteiger partial charge on any atom is 0.537 e. The lowest BCUT2D eigenvalue weighted by Gasteiger charge is -2.28. The minimum absolute atomic E-state index is 0.132. The number of rotatable bonds is 3. The highest BCUT2D eigenvalue weighted by Crippen LogP contribution is 2.38. The van der Waals surface area contributed by atoms with Crippen LogP contribution < -0.4 is 4.65 Å². The predicted octanol–water partition coefficient (Wildman–Crippen LogP) is 2.27. The molecule has 21 heavy (non-hydrogen) atoms. The van der Waals surface area contributed by atoms with Gasteiger partial charge in [-0.3, -0.25) is 4.98 Å². The number of aromatic nitrogens is 1. The number of aromatic carboxylic acids is 1. The van der Waals surface area contributed by atoms with Crippen molar-refractivity contribution in [3.63, 3.8) is 0 Å². The molecule has 2 aromatic rings. The Morgan fingerprint density at radius 3 is 3.05 bits per heavy atom. The number of hydrogen-bond acceptors (Lipinski definition) is 6. The van der Waals surface area contributed by atoms with Crippen molar-refractivity contribution in [3.8, 4) is 5.75 Å². The van der Waals surface area contributed by atoms with E-state index in [-0.39, 0.29) is 16.5 Å². The summed E-state index contributed by atoms with van der Waals surface area (Å²) >= 11 is 3.00. The van der Waals surface area contributed by atoms with Crippen LogP contribution in [-0.4, -0.2) is 33.4 Å². The van der Waals surface area contributed by atoms with E-state index in [2.05, 4.69) is 4.98 Å². The molecule has 0 saturated heterocycles. The summed E-state index contributed by atoms with van der Waals surface area (Å²) in [6.45, 7) is 1.72. The number of benzene rings is 1. The van der Waals surface area contributed by atoms with Crippen molar-refractivity contribution < 1.29 is 19.6 Å². The maximum atomic E-state index is 11.4. The van der Waals surface area contributed by atoms with Crippen molar-refractivity contribution >= 4 is 36.2 Å². The number of thioether (sulfide) groups is 1. The summed E-state index contributed by atoms with van der Waals surface area (Å²) in [5.74, 6) is -0.749. The van der Waals surface area contributed by atoms with Gasteiger partial charge >= 0.3 is 13.1 Å². The summed E-state index contributed by atoms with van der Waals surface area (Å²) in [6.07, 6.45) is 2.30. The second kappa shape index (κ2) is 5.71. The molecule has 0 radical (unpaired) electrons. The Morgan fingerprint density at radius 1 is 1.57 bits per heavy atom. The lowest BCUT2D eigenvalue weighted by Crippen LogP contribution is -2.40. The largest absolute Gasteiger partial charge is 0.537 e. The van der Waals surface area contributed by atoms with Crippen LogP contribution in [0, 0.1) is 6.92 Å². The smallest absolute Gasteiger partial charge is 0.535 e. The SMILES string of the molecule is Cc1ccc2c(c1C(=O)O)OB(O)[C@@H](Sc1cncs1)C2. The van der Waals surface area contributed by atoms with E-state index in [4.69, 9.17) is 4.65 Å². The number of hydrogen-bond donors (Lipinski definition) is 2. The fraction of sp³-hybridized carbons (Fsp3) is 0.231. The van der Waals surface area contributed by atoms with Gasteiger partial charge in [0.25, 0.3) is 0 Å². The third-order valence-electron chi connectivity index (χ3n) is 3.32. The monoisotopic (exact) mass is 321 g/mol. The molecule has 1 atom stereocenters. The molecule has 5 nitrogen and oxygen atoms in total. The molecule has 3 rings (SSSR count). The number of carbonyl (C=O) groups is 1. The van der Waals surface area contributed by atoms with E-state index in [9.17, 15) is 14.9 Å². The standard InChI is InChI=1S/C13H12BNO4S2/c1-7-2-3-8-4-9(21-10-5-15-6-20-10)14(18)19-12(8)11(7)13(16)17/h2-3,5-6,9,18H,4H2,1H3,(H,16,17)/t9-/m0/s1. The third-order valence-corrected chi connectivity index (χ3v) is 5.50. The van der Waals surface area contributed by atoms with Crippen molar-refractivity contribution in [1.29, 1.82) is 0 Å². The highest BCUT2D eigenvalue weighted by Gasteiger charge is 2.38. The molecule has 1 aromatic carbocycles. The van der Waals surface area contributed by atoms with Crippen molar-refractivity contribution in [2.45, 2.75) is 22.7 Å². The van der Waals surface area contributed by atoms with E-state index in [1.165, 1.54) is 23.1 Å². The van der Waals surface area contributed by atoms with Crippen molar-refractivity contribution in [2.24, 2.45) is 0 Å². The number of carboxylic acids is 1. The van der Waals surface area contributed by atoms with Gasteiger partial charge in [-0.05, 0) is 24.5 Å². The highest BCUT2D eigenvalue weighted by atomic mass is 32.2. The van der Waals surface area contributed by atoms with Gasteiger partial charge in [0, 0.05) is 0 Å². The number of fused-ring (bicyclic) bond motifs is 1. The topological polar surface area (TPSA) is 79.7 Å². The molecule has 0 amide bonds. The van der Waals surface area contributed by atoms with Crippen LogP contribution in [-0.2, 0) is 6.42 Å². The average Bonchev–Trinajstić information content (AvgIpc) is 2.92. The maximum absolute atomic E-state index is 11.4. The molecule has 1 aliphatic heterocycles. The molecule has 8 heteroatoms. The Morgan fingerprint density at radius 2 is 2.38 bits per heavy atom. The Bertz CT molecular complexity index is 677. The first-order valence-corrected chi connectivity index (χ1v) is 8.08. The first-order chi connectivity index (χ1) is 10.1. The molecule has 1 aromatic heterocycles. The van der Waals surface area contributed by atoms with E-state index in [1.807, 2.05) is 6.07 Å². The number of aryl methyl sites for hydroxylation is 1. The summed E-state index contributed by atoms with van der Waals surface area (Å²) in [7, 11) is -1.04. The molecule has 2 heterocycles. The summed E-state index contributed by atoms with van der Waals surface area (Å²) in [5.41, 5.74) is 3.30. The lowest BCUT2D eigenvalue weighted by molar-refractivity contribution is 0.0693. The normalized spacial score (nSPS) is 17.2. The van der Waals surface area contributed by atoms with Crippen LogP contribution in [0.4, 0.5) is 0 Å². The van der Waals surface area contributed by atoms with Gasteiger partial charge in [0.1, 0.15) is 11.3 Å². The van der Waals surface area contributed by atoms with Crippen LogP contribution in [0.25, 0.3) is 0 Å². The van der Waals surface area contributed by atoms with Gasteiger partial charge in [-0.15, -0.1) is 23.1 Å². The molecule has 0 fully saturated rings. The second-order valence-corrected chi connectivity index (χ2v) is 7.17. The molecule has 2 N–H and O–H groups in total. The van der Waals surface area contributed by atoms with Crippen LogP contribution in [0.3, 0.4) is 0 Å². The van der Waals surface area contributed by atoms with E-state index < -0.39 is 13.1 Å². The van der Waals surface area contributed by atoms with Crippen molar-refractivity contribution in [1.82, 2.24) is 4.98 Å². The highest BCUT2D eigenvalue weighted by molar-refractivity contribution is 8.03. The van der Waals surface area contributed by atoms with E-state index in [1.54, 1.807) is 24.7 Å². The first-order valence-electron chi connectivity index (χ1n) is 6.32. The second-order valence-electron chi connectivity index (χ2n) is 4.74. The third kappa shape index (κ3) is 2.79. The molecule has 0 unspecified atom stereocenters. The predicted molar refractivity (Wildman–Crippen MR) is 82.2 cm³/mol. The van der Waals surface area contributed by atoms with Crippen LogP contribution in [0.15, 0.2) is 28.0 Å². The zero-order valence-electron chi connectivity index (χ0n) is 11.1. The summed E-state index contributed by atoms with van der Waals surface area (Å²) in [5, 5.41) is 19.3. The number of thiazole rings is 1. The van der Waals surface area contributed by atoms with Gasteiger partial charge in [-0.25, -0.2) is 4.79 Å². The molecule has 0 saturated carbocycles. The Hall–Kier alpha value is -1.51. The van der Waals surface area contributed by atoms with Gasteiger partial charge in [0.2, 0.25) is 0 Å². The summed E-state index contributed by atoms with van der Waals surface area (Å²) in [6, 6.07) is 3.64. The minimum Gasteiger partial charge on any atom is -0.535 e. The van der Waals surface area contributed by atoms with Crippen LogP contribution in [0.5, 0.6) is 5.75 Å². The average molecular weight is 321 g/mol. The van der Waals surface area contributed by atoms with Gasteiger partial charge in [0.05, 0.1) is 21.1 Å². The van der Waals surface area contributed by atoms with Gasteiger partial charge in [-0.1, -0.05) is 12.1 Å². The van der Waals surface area contributed by atoms with Gasteiger partial charge in [-0.2, -0.15) is 0 Å². The quantitative estimate of drug-likeness (QED) is 0.844. The summed E-state index contributed by atoms with van der Waals surface area (Å²) < 4.78 is 6.50. The molecule has 108 valence electrons. The van der Waals surface area contributed by atoms with Crippen LogP contribution in [0.2, 0.25) is 0 Å². The van der Waals surface area contributed by atoms with Crippen molar-refractivity contribution in [3.05, 3.63) is 40.5 Å². The molecular formula is C13H12BNO4S2. The van der Waals surface area contributed by atoms with E-state index in [0.717, 1.165) is 9.77 Å².